The summed E-state index contributed by atoms with van der Waals surface area (Å²) in [5, 5.41) is 1.79. The Hall–Kier alpha value is -2.89. The maximum Gasteiger partial charge on any atom is 0.410 e. The van der Waals surface area contributed by atoms with Gasteiger partial charge in [-0.1, -0.05) is 42.0 Å². The van der Waals surface area contributed by atoms with Crippen LogP contribution >= 0.6 is 23.2 Å². The maximum atomic E-state index is 13.3. The standard InChI is InChI=1S/C28H30Cl2N2O3/c1-3-6-19(4-2)18-35-28(33)32-15-13-23-24-17-21(30)9-12-25(24)31-26(23)27(32)20-7-10-22(11-8-20)34-16-5-14-29/h3-4,6-12,17,27,31H,5,13-16,18H2,1-2H3/b6-3-,19-4+. The first kappa shape index (κ1) is 25.2. The van der Waals surface area contributed by atoms with E-state index in [1.54, 1.807) is 4.90 Å². The molecule has 0 aliphatic carbocycles. The lowest BCUT2D eigenvalue weighted by Gasteiger charge is -2.35. The van der Waals surface area contributed by atoms with Gasteiger partial charge in [0.15, 0.2) is 0 Å². The Morgan fingerprint density at radius 1 is 1.20 bits per heavy atom. The minimum atomic E-state index is -0.344. The molecule has 184 valence electrons. The number of amides is 1. The molecule has 1 aliphatic rings. The average Bonchev–Trinajstić information content (AvgIpc) is 3.24. The lowest BCUT2D eigenvalue weighted by atomic mass is 9.92. The molecule has 0 spiro atoms. The molecule has 1 aromatic heterocycles. The van der Waals surface area contributed by atoms with Crippen LogP contribution in [0.25, 0.3) is 10.9 Å². The van der Waals surface area contributed by atoms with Gasteiger partial charge in [-0.05, 0) is 73.7 Å². The molecule has 0 fully saturated rings. The van der Waals surface area contributed by atoms with Crippen molar-refractivity contribution in [2.24, 2.45) is 0 Å². The van der Waals surface area contributed by atoms with Gasteiger partial charge in [0.05, 0.1) is 6.61 Å². The molecule has 35 heavy (non-hydrogen) atoms. The second kappa shape index (κ2) is 11.7. The number of rotatable bonds is 8. The van der Waals surface area contributed by atoms with Gasteiger partial charge >= 0.3 is 6.09 Å². The normalized spacial score (nSPS) is 16.1. The van der Waals surface area contributed by atoms with Crippen molar-refractivity contribution in [3.05, 3.63) is 88.1 Å². The second-order valence-corrected chi connectivity index (χ2v) is 9.25. The number of allylic oxidation sites excluding steroid dienone is 2. The number of aromatic nitrogens is 1. The van der Waals surface area contributed by atoms with E-state index in [1.807, 2.05) is 74.5 Å². The molecule has 0 radical (unpaired) electrons. The largest absolute Gasteiger partial charge is 0.494 e. The highest BCUT2D eigenvalue weighted by Crippen LogP contribution is 2.39. The van der Waals surface area contributed by atoms with Gasteiger partial charge in [0.25, 0.3) is 0 Å². The quantitative estimate of drug-likeness (QED) is 0.194. The zero-order valence-corrected chi connectivity index (χ0v) is 21.5. The number of carbonyl (C=O) groups is 1. The average molecular weight is 513 g/mol. The summed E-state index contributed by atoms with van der Waals surface area (Å²) >= 11 is 12.1. The second-order valence-electron chi connectivity index (χ2n) is 8.43. The number of benzene rings is 2. The van der Waals surface area contributed by atoms with Crippen LogP contribution in [0.2, 0.25) is 5.02 Å². The Labute approximate surface area is 216 Å². The number of hydrogen-bond donors (Lipinski definition) is 1. The van der Waals surface area contributed by atoms with E-state index in [4.69, 9.17) is 32.7 Å². The van der Waals surface area contributed by atoms with Crippen LogP contribution in [0, 0.1) is 0 Å². The summed E-state index contributed by atoms with van der Waals surface area (Å²) in [5.41, 5.74) is 5.10. The Balaban J connectivity index is 1.67. The predicted molar refractivity (Wildman–Crippen MR) is 143 cm³/mol. The van der Waals surface area contributed by atoms with Gasteiger partial charge in [0.2, 0.25) is 0 Å². The molecular formula is C28H30Cl2N2O3. The molecule has 1 atom stereocenters. The zero-order chi connectivity index (χ0) is 24.8. The molecule has 1 aliphatic heterocycles. The summed E-state index contributed by atoms with van der Waals surface area (Å²) in [6, 6.07) is 13.4. The van der Waals surface area contributed by atoms with Crippen LogP contribution in [0.15, 0.2) is 66.3 Å². The van der Waals surface area contributed by atoms with Crippen LogP contribution in [0.1, 0.15) is 43.1 Å². The number of aromatic amines is 1. The van der Waals surface area contributed by atoms with Crippen LogP contribution in [0.3, 0.4) is 0 Å². The van der Waals surface area contributed by atoms with Crippen molar-refractivity contribution in [3.8, 4) is 5.75 Å². The molecule has 7 heteroatoms. The molecule has 4 rings (SSSR count). The van der Waals surface area contributed by atoms with Crippen molar-refractivity contribution in [1.82, 2.24) is 9.88 Å². The lowest BCUT2D eigenvalue weighted by molar-refractivity contribution is 0.0965. The fourth-order valence-corrected chi connectivity index (χ4v) is 4.75. The fourth-order valence-electron chi connectivity index (χ4n) is 4.46. The lowest BCUT2D eigenvalue weighted by Crippen LogP contribution is -2.41. The number of carbonyl (C=O) groups excluding carboxylic acids is 1. The molecular weight excluding hydrogens is 483 g/mol. The van der Waals surface area contributed by atoms with E-state index in [0.29, 0.717) is 30.5 Å². The summed E-state index contributed by atoms with van der Waals surface area (Å²) in [6.07, 6.45) is 6.99. The molecule has 0 bridgehead atoms. The highest BCUT2D eigenvalue weighted by molar-refractivity contribution is 6.31. The summed E-state index contributed by atoms with van der Waals surface area (Å²) in [7, 11) is 0. The number of ether oxygens (including phenoxy) is 2. The van der Waals surface area contributed by atoms with E-state index in [1.165, 1.54) is 5.56 Å². The molecule has 3 aromatic rings. The van der Waals surface area contributed by atoms with E-state index in [2.05, 4.69) is 4.98 Å². The van der Waals surface area contributed by atoms with Gasteiger partial charge in [0, 0.05) is 34.0 Å². The molecule has 0 saturated carbocycles. The molecule has 1 N–H and O–H groups in total. The SMILES string of the molecule is C/C=C\C(=C/C)COC(=O)N1CCc2c([nH]c3ccc(Cl)cc23)C1c1ccc(OCCCCl)cc1. The third kappa shape index (κ3) is 5.68. The van der Waals surface area contributed by atoms with Gasteiger partial charge in [0.1, 0.15) is 18.4 Å². The Morgan fingerprint density at radius 3 is 2.71 bits per heavy atom. The summed E-state index contributed by atoms with van der Waals surface area (Å²) in [4.78, 5) is 18.7. The number of hydrogen-bond acceptors (Lipinski definition) is 3. The Bertz CT molecular complexity index is 1230. The van der Waals surface area contributed by atoms with Gasteiger partial charge < -0.3 is 14.5 Å². The first-order valence-electron chi connectivity index (χ1n) is 11.9. The zero-order valence-electron chi connectivity index (χ0n) is 20.0. The summed E-state index contributed by atoms with van der Waals surface area (Å²) < 4.78 is 11.5. The van der Waals surface area contributed by atoms with Crippen molar-refractivity contribution in [1.29, 1.82) is 0 Å². The molecule has 1 amide bonds. The van der Waals surface area contributed by atoms with Crippen molar-refractivity contribution in [3.63, 3.8) is 0 Å². The van der Waals surface area contributed by atoms with Gasteiger partial charge in [-0.2, -0.15) is 0 Å². The molecule has 1 unspecified atom stereocenters. The van der Waals surface area contributed by atoms with Crippen LogP contribution < -0.4 is 4.74 Å². The first-order valence-corrected chi connectivity index (χ1v) is 12.8. The van der Waals surface area contributed by atoms with E-state index in [9.17, 15) is 4.79 Å². The first-order chi connectivity index (χ1) is 17.0. The fraction of sp³-hybridized carbons (Fsp3) is 0.321. The van der Waals surface area contributed by atoms with Crippen LogP contribution in [0.5, 0.6) is 5.75 Å². The van der Waals surface area contributed by atoms with E-state index < -0.39 is 0 Å². The summed E-state index contributed by atoms with van der Waals surface area (Å²) in [6.45, 7) is 5.21. The van der Waals surface area contributed by atoms with E-state index in [0.717, 1.165) is 39.9 Å². The maximum absolute atomic E-state index is 13.3. The highest BCUT2D eigenvalue weighted by atomic mass is 35.5. The number of halogens is 2. The van der Waals surface area contributed by atoms with Crippen molar-refractivity contribution < 1.29 is 14.3 Å². The Kier molecular flexibility index (Phi) is 8.42. The summed E-state index contributed by atoms with van der Waals surface area (Å²) in [5.74, 6) is 1.34. The van der Waals surface area contributed by atoms with Crippen LogP contribution in [-0.4, -0.2) is 41.6 Å². The smallest absolute Gasteiger partial charge is 0.410 e. The number of nitrogens with one attached hydrogen (secondary N) is 1. The number of nitrogens with zero attached hydrogens (tertiary/aromatic N) is 1. The number of alkyl halides is 1. The van der Waals surface area contributed by atoms with Crippen LogP contribution in [0.4, 0.5) is 4.79 Å². The topological polar surface area (TPSA) is 54.6 Å². The third-order valence-corrected chi connectivity index (χ3v) is 6.68. The van der Waals surface area contributed by atoms with Crippen LogP contribution in [-0.2, 0) is 11.2 Å². The van der Waals surface area contributed by atoms with Crippen molar-refractivity contribution >= 4 is 40.2 Å². The Morgan fingerprint density at radius 2 is 2.00 bits per heavy atom. The van der Waals surface area contributed by atoms with Gasteiger partial charge in [-0.3, -0.25) is 4.90 Å². The number of fused-ring (bicyclic) bond motifs is 3. The minimum absolute atomic E-state index is 0.228. The molecule has 2 aromatic carbocycles. The van der Waals surface area contributed by atoms with Crippen molar-refractivity contribution in [2.75, 3.05) is 25.6 Å². The van der Waals surface area contributed by atoms with Gasteiger partial charge in [-0.25, -0.2) is 4.79 Å². The van der Waals surface area contributed by atoms with E-state index >= 15 is 0 Å². The molecule has 0 saturated heterocycles. The number of H-pyrrole nitrogens is 1. The van der Waals surface area contributed by atoms with E-state index in [-0.39, 0.29) is 18.7 Å². The molecule has 5 nitrogen and oxygen atoms in total. The highest BCUT2D eigenvalue weighted by Gasteiger charge is 2.35. The third-order valence-electron chi connectivity index (χ3n) is 6.18. The minimum Gasteiger partial charge on any atom is -0.494 e. The van der Waals surface area contributed by atoms with Crippen molar-refractivity contribution in [2.45, 2.75) is 32.7 Å². The van der Waals surface area contributed by atoms with Gasteiger partial charge in [-0.15, -0.1) is 11.6 Å². The predicted octanol–water partition coefficient (Wildman–Crippen LogP) is 7.44. The molecule has 2 heterocycles. The monoisotopic (exact) mass is 512 g/mol.